The normalized spacial score (nSPS) is 22.7. The number of sulfonamides is 1. The first-order valence-electron chi connectivity index (χ1n) is 10.2. The summed E-state index contributed by atoms with van der Waals surface area (Å²) in [6.45, 7) is 0.414. The molecule has 2 N–H and O–H groups in total. The standard InChI is InChI=1S/C22H19F3N4O3S/c23-22(24,25)14-4-6-15(7-5-14)33(31,32)29-11-17-18(12-29)20(17)28-21(30)27-19-3-1-2-13-10-26-9-8-16(13)19/h1-10,17-18,20H,11-12H2,(H2,27,28,30). The summed E-state index contributed by atoms with van der Waals surface area (Å²) >= 11 is 0. The van der Waals surface area contributed by atoms with Gasteiger partial charge >= 0.3 is 12.2 Å². The van der Waals surface area contributed by atoms with Gasteiger partial charge in [-0.15, -0.1) is 0 Å². The summed E-state index contributed by atoms with van der Waals surface area (Å²) in [5.41, 5.74) is -0.256. The van der Waals surface area contributed by atoms with Crippen molar-refractivity contribution in [3.63, 3.8) is 0 Å². The van der Waals surface area contributed by atoms with Crippen LogP contribution >= 0.6 is 0 Å². The van der Waals surface area contributed by atoms with Gasteiger partial charge in [0.1, 0.15) is 0 Å². The van der Waals surface area contributed by atoms with Gasteiger partial charge in [0, 0.05) is 42.3 Å². The maximum Gasteiger partial charge on any atom is 0.416 e. The largest absolute Gasteiger partial charge is 0.416 e. The molecule has 1 aliphatic carbocycles. The lowest BCUT2D eigenvalue weighted by molar-refractivity contribution is -0.137. The molecule has 0 bridgehead atoms. The zero-order valence-corrected chi connectivity index (χ0v) is 17.9. The third kappa shape index (κ3) is 4.02. The van der Waals surface area contributed by atoms with Gasteiger partial charge in [0.15, 0.2) is 0 Å². The third-order valence-corrected chi connectivity index (χ3v) is 8.05. The number of benzene rings is 2. The highest BCUT2D eigenvalue weighted by Gasteiger charge is 2.58. The number of carbonyl (C=O) groups excluding carboxylic acids is 1. The number of nitrogens with zero attached hydrogens (tertiary/aromatic N) is 2. The molecule has 3 aromatic rings. The number of piperidine rings is 1. The van der Waals surface area contributed by atoms with Gasteiger partial charge in [-0.3, -0.25) is 4.98 Å². The van der Waals surface area contributed by atoms with E-state index in [1.165, 1.54) is 4.31 Å². The van der Waals surface area contributed by atoms with Crippen molar-refractivity contribution in [2.75, 3.05) is 18.4 Å². The summed E-state index contributed by atoms with van der Waals surface area (Å²) in [5, 5.41) is 7.47. The first-order valence-corrected chi connectivity index (χ1v) is 11.7. The van der Waals surface area contributed by atoms with Gasteiger partial charge < -0.3 is 10.6 Å². The van der Waals surface area contributed by atoms with E-state index in [1.807, 2.05) is 12.1 Å². The fraction of sp³-hybridized carbons (Fsp3) is 0.273. The molecule has 0 spiro atoms. The van der Waals surface area contributed by atoms with Crippen molar-refractivity contribution in [3.8, 4) is 0 Å². The van der Waals surface area contributed by atoms with E-state index in [0.717, 1.165) is 35.0 Å². The second kappa shape index (κ2) is 7.70. The van der Waals surface area contributed by atoms with Gasteiger partial charge in [-0.1, -0.05) is 12.1 Å². The number of amides is 2. The van der Waals surface area contributed by atoms with E-state index >= 15 is 0 Å². The Kier molecular flexibility index (Phi) is 5.05. The van der Waals surface area contributed by atoms with Crippen molar-refractivity contribution in [2.45, 2.75) is 17.1 Å². The number of nitrogens with one attached hydrogen (secondary N) is 2. The highest BCUT2D eigenvalue weighted by Crippen LogP contribution is 2.47. The lowest BCUT2D eigenvalue weighted by Gasteiger charge is -2.20. The predicted octanol–water partition coefficient (Wildman–Crippen LogP) is 3.69. The van der Waals surface area contributed by atoms with Crippen LogP contribution < -0.4 is 10.6 Å². The molecule has 1 aromatic heterocycles. The number of halogens is 3. The fourth-order valence-corrected chi connectivity index (χ4v) is 5.92. The Labute approximate surface area is 187 Å². The zero-order chi connectivity index (χ0) is 23.4. The average Bonchev–Trinajstić information content (AvgIpc) is 3.20. The Morgan fingerprint density at radius 3 is 2.39 bits per heavy atom. The Morgan fingerprint density at radius 2 is 1.73 bits per heavy atom. The van der Waals surface area contributed by atoms with Crippen LogP contribution in [-0.2, 0) is 16.2 Å². The third-order valence-electron chi connectivity index (χ3n) is 6.21. The summed E-state index contributed by atoms with van der Waals surface area (Å²) in [6, 6.07) is 10.3. The van der Waals surface area contributed by atoms with E-state index in [2.05, 4.69) is 15.6 Å². The molecular weight excluding hydrogens is 457 g/mol. The van der Waals surface area contributed by atoms with Crippen LogP contribution in [-0.4, -0.2) is 42.9 Å². The van der Waals surface area contributed by atoms with Gasteiger partial charge in [0.25, 0.3) is 0 Å². The number of carbonyl (C=O) groups is 1. The summed E-state index contributed by atoms with van der Waals surface area (Å²) in [6.07, 6.45) is -1.18. The second-order valence-corrected chi connectivity index (χ2v) is 10.1. The molecule has 11 heteroatoms. The number of pyridine rings is 1. The molecule has 2 atom stereocenters. The Morgan fingerprint density at radius 1 is 1.03 bits per heavy atom. The highest BCUT2D eigenvalue weighted by molar-refractivity contribution is 7.89. The van der Waals surface area contributed by atoms with Crippen LogP contribution in [0.5, 0.6) is 0 Å². The monoisotopic (exact) mass is 476 g/mol. The van der Waals surface area contributed by atoms with Crippen molar-refractivity contribution in [1.82, 2.24) is 14.6 Å². The summed E-state index contributed by atoms with van der Waals surface area (Å²) < 4.78 is 65.1. The molecule has 2 amide bonds. The average molecular weight is 476 g/mol. The molecule has 0 radical (unpaired) electrons. The topological polar surface area (TPSA) is 91.4 Å². The van der Waals surface area contributed by atoms with Gasteiger partial charge in [-0.05, 0) is 48.2 Å². The molecule has 2 aromatic carbocycles. The number of anilines is 1. The van der Waals surface area contributed by atoms with E-state index in [-0.39, 0.29) is 41.9 Å². The van der Waals surface area contributed by atoms with E-state index in [0.29, 0.717) is 5.69 Å². The van der Waals surface area contributed by atoms with E-state index in [1.54, 1.807) is 24.5 Å². The van der Waals surface area contributed by atoms with Crippen molar-refractivity contribution >= 4 is 32.5 Å². The summed E-state index contributed by atoms with van der Waals surface area (Å²) in [7, 11) is -3.90. The van der Waals surface area contributed by atoms with Crippen LogP contribution in [0.15, 0.2) is 65.8 Å². The quantitative estimate of drug-likeness (QED) is 0.601. The lowest BCUT2D eigenvalue weighted by Crippen LogP contribution is -2.39. The SMILES string of the molecule is O=C(Nc1cccc2cnccc12)NC1C2CN(S(=O)(=O)c3ccc(C(F)(F)F)cc3)CC21. The highest BCUT2D eigenvalue weighted by atomic mass is 32.2. The molecule has 2 aliphatic rings. The van der Waals surface area contributed by atoms with Gasteiger partial charge in [0.05, 0.1) is 16.1 Å². The van der Waals surface area contributed by atoms with Crippen molar-refractivity contribution in [3.05, 3.63) is 66.5 Å². The maximum absolute atomic E-state index is 12.8. The molecule has 2 fully saturated rings. The molecule has 1 aliphatic heterocycles. The second-order valence-electron chi connectivity index (χ2n) is 8.20. The maximum atomic E-state index is 12.8. The van der Waals surface area contributed by atoms with E-state index < -0.39 is 21.8 Å². The number of urea groups is 1. The lowest BCUT2D eigenvalue weighted by atomic mass is 10.1. The molecule has 7 nitrogen and oxygen atoms in total. The van der Waals surface area contributed by atoms with Gasteiger partial charge in [-0.2, -0.15) is 17.5 Å². The van der Waals surface area contributed by atoms with Crippen LogP contribution in [0, 0.1) is 11.8 Å². The molecular formula is C22H19F3N4O3S. The molecule has 172 valence electrons. The van der Waals surface area contributed by atoms with Crippen LogP contribution in [0.25, 0.3) is 10.8 Å². The molecule has 2 heterocycles. The summed E-state index contributed by atoms with van der Waals surface area (Å²) in [5.74, 6) is -0.0617. The first kappa shape index (κ1) is 21.7. The number of fused-ring (bicyclic) bond motifs is 2. The smallest absolute Gasteiger partial charge is 0.334 e. The first-order chi connectivity index (χ1) is 15.6. The van der Waals surface area contributed by atoms with Gasteiger partial charge in [0.2, 0.25) is 10.0 Å². The van der Waals surface area contributed by atoms with E-state index in [9.17, 15) is 26.4 Å². The molecule has 33 heavy (non-hydrogen) atoms. The molecule has 1 saturated heterocycles. The van der Waals surface area contributed by atoms with Crippen molar-refractivity contribution in [1.29, 1.82) is 0 Å². The van der Waals surface area contributed by atoms with Crippen LogP contribution in [0.2, 0.25) is 0 Å². The van der Waals surface area contributed by atoms with E-state index in [4.69, 9.17) is 0 Å². The Bertz CT molecular complexity index is 1310. The Hall–Kier alpha value is -3.18. The molecule has 5 rings (SSSR count). The molecule has 1 saturated carbocycles. The predicted molar refractivity (Wildman–Crippen MR) is 115 cm³/mol. The zero-order valence-electron chi connectivity index (χ0n) is 17.1. The van der Waals surface area contributed by atoms with Crippen LogP contribution in [0.3, 0.4) is 0 Å². The van der Waals surface area contributed by atoms with Crippen LogP contribution in [0.1, 0.15) is 5.56 Å². The van der Waals surface area contributed by atoms with Crippen molar-refractivity contribution < 1.29 is 26.4 Å². The van der Waals surface area contributed by atoms with Crippen molar-refractivity contribution in [2.24, 2.45) is 11.8 Å². The minimum Gasteiger partial charge on any atom is -0.334 e. The number of aromatic nitrogens is 1. The van der Waals surface area contributed by atoms with Crippen LogP contribution in [0.4, 0.5) is 23.7 Å². The number of alkyl halides is 3. The van der Waals surface area contributed by atoms with Gasteiger partial charge in [-0.25, -0.2) is 13.2 Å². The minimum atomic E-state index is -4.53. The fourth-order valence-electron chi connectivity index (χ4n) is 4.40. The summed E-state index contributed by atoms with van der Waals surface area (Å²) in [4.78, 5) is 16.4. The molecule has 2 unspecified atom stereocenters. The number of hydrogen-bond donors (Lipinski definition) is 2. The number of rotatable bonds is 4. The Balaban J connectivity index is 1.20. The minimum absolute atomic E-state index is 0.0308. The number of hydrogen-bond acceptors (Lipinski definition) is 4.